The molecule has 4 N–H and O–H groups in total. The van der Waals surface area contributed by atoms with Crippen molar-refractivity contribution in [2.24, 2.45) is 5.73 Å². The van der Waals surface area contributed by atoms with Gasteiger partial charge in [0.25, 0.3) is 0 Å². The SMILES string of the molecule is NCCCNS(=O)(=O)CCC(=O)O. The Morgan fingerprint density at radius 2 is 2.08 bits per heavy atom. The van der Waals surface area contributed by atoms with Crippen LogP contribution in [0.3, 0.4) is 0 Å². The van der Waals surface area contributed by atoms with Gasteiger partial charge in [0.2, 0.25) is 10.0 Å². The number of carboxylic acid groups (broad SMARTS) is 1. The average molecular weight is 210 g/mol. The van der Waals surface area contributed by atoms with Crippen LogP contribution < -0.4 is 10.5 Å². The molecular formula is C6H14N2O4S. The first-order chi connectivity index (χ1) is 5.98. The minimum atomic E-state index is -3.44. The number of carbonyl (C=O) groups is 1. The molecule has 0 saturated heterocycles. The predicted molar refractivity (Wildman–Crippen MR) is 47.7 cm³/mol. The Bertz CT molecular complexity index is 249. The van der Waals surface area contributed by atoms with Gasteiger partial charge in [0.15, 0.2) is 0 Å². The van der Waals surface area contributed by atoms with E-state index in [1.807, 2.05) is 0 Å². The van der Waals surface area contributed by atoms with Gasteiger partial charge in [-0.3, -0.25) is 4.79 Å². The Morgan fingerprint density at radius 1 is 1.46 bits per heavy atom. The van der Waals surface area contributed by atoms with Gasteiger partial charge in [0, 0.05) is 6.54 Å². The smallest absolute Gasteiger partial charge is 0.304 e. The van der Waals surface area contributed by atoms with Gasteiger partial charge in [-0.15, -0.1) is 0 Å². The molecule has 0 amide bonds. The van der Waals surface area contributed by atoms with Gasteiger partial charge in [-0.1, -0.05) is 0 Å². The molecule has 6 nitrogen and oxygen atoms in total. The normalized spacial score (nSPS) is 11.5. The third-order valence-corrected chi connectivity index (χ3v) is 2.67. The van der Waals surface area contributed by atoms with E-state index < -0.39 is 16.0 Å². The Morgan fingerprint density at radius 3 is 2.54 bits per heavy atom. The summed E-state index contributed by atoms with van der Waals surface area (Å²) in [6.07, 6.45) is 0.171. The number of aliphatic carboxylic acids is 1. The number of nitrogens with one attached hydrogen (secondary N) is 1. The second-order valence-corrected chi connectivity index (χ2v) is 4.43. The fourth-order valence-electron chi connectivity index (χ4n) is 0.624. The van der Waals surface area contributed by atoms with Crippen molar-refractivity contribution in [3.63, 3.8) is 0 Å². The predicted octanol–water partition coefficient (Wildman–Crippen LogP) is -1.27. The molecule has 0 aromatic carbocycles. The van der Waals surface area contributed by atoms with Gasteiger partial charge >= 0.3 is 5.97 Å². The largest absolute Gasteiger partial charge is 0.481 e. The lowest BCUT2D eigenvalue weighted by molar-refractivity contribution is -0.136. The maximum atomic E-state index is 11.0. The number of rotatable bonds is 7. The van der Waals surface area contributed by atoms with E-state index in [1.54, 1.807) is 0 Å². The summed E-state index contributed by atoms with van der Waals surface area (Å²) >= 11 is 0. The van der Waals surface area contributed by atoms with E-state index in [9.17, 15) is 13.2 Å². The van der Waals surface area contributed by atoms with Crippen molar-refractivity contribution in [3.8, 4) is 0 Å². The fraction of sp³-hybridized carbons (Fsp3) is 0.833. The molecule has 0 saturated carbocycles. The van der Waals surface area contributed by atoms with Crippen LogP contribution >= 0.6 is 0 Å². The van der Waals surface area contributed by atoms with Crippen molar-refractivity contribution in [2.75, 3.05) is 18.8 Å². The first-order valence-corrected chi connectivity index (χ1v) is 5.52. The molecule has 0 aromatic heterocycles. The molecule has 0 aliphatic heterocycles. The second kappa shape index (κ2) is 5.90. The minimum absolute atomic E-state index is 0.262. The zero-order valence-electron chi connectivity index (χ0n) is 7.19. The van der Waals surface area contributed by atoms with E-state index >= 15 is 0 Å². The van der Waals surface area contributed by atoms with E-state index in [2.05, 4.69) is 4.72 Å². The molecular weight excluding hydrogens is 196 g/mol. The molecule has 78 valence electrons. The van der Waals surface area contributed by atoms with Crippen LogP contribution in [0.4, 0.5) is 0 Å². The Hall–Kier alpha value is -0.660. The first-order valence-electron chi connectivity index (χ1n) is 3.87. The van der Waals surface area contributed by atoms with E-state index in [-0.39, 0.29) is 18.7 Å². The highest BCUT2D eigenvalue weighted by molar-refractivity contribution is 7.89. The third kappa shape index (κ3) is 7.69. The second-order valence-electron chi connectivity index (χ2n) is 2.50. The van der Waals surface area contributed by atoms with Crippen molar-refractivity contribution in [1.29, 1.82) is 0 Å². The van der Waals surface area contributed by atoms with Crippen LogP contribution in [0.1, 0.15) is 12.8 Å². The quantitative estimate of drug-likeness (QED) is 0.454. The Balaban J connectivity index is 3.74. The van der Waals surface area contributed by atoms with Gasteiger partial charge < -0.3 is 10.8 Å². The van der Waals surface area contributed by atoms with Crippen molar-refractivity contribution >= 4 is 16.0 Å². The number of carboxylic acids is 1. The molecule has 7 heteroatoms. The molecule has 0 radical (unpaired) electrons. The Labute approximate surface area is 77.2 Å². The van der Waals surface area contributed by atoms with Crippen molar-refractivity contribution in [1.82, 2.24) is 4.72 Å². The fourth-order valence-corrected chi connectivity index (χ4v) is 1.67. The number of hydrogen-bond donors (Lipinski definition) is 3. The zero-order chi connectivity index (χ0) is 10.3. The number of sulfonamides is 1. The molecule has 0 aliphatic carbocycles. The highest BCUT2D eigenvalue weighted by Crippen LogP contribution is 1.89. The maximum absolute atomic E-state index is 11.0. The Kier molecular flexibility index (Phi) is 5.60. The van der Waals surface area contributed by atoms with Crippen LogP contribution in [-0.4, -0.2) is 38.3 Å². The van der Waals surface area contributed by atoms with Crippen LogP contribution in [0, 0.1) is 0 Å². The molecule has 13 heavy (non-hydrogen) atoms. The molecule has 0 atom stereocenters. The lowest BCUT2D eigenvalue weighted by atomic mass is 10.4. The summed E-state index contributed by atoms with van der Waals surface area (Å²) in [6, 6.07) is 0. The van der Waals surface area contributed by atoms with Gasteiger partial charge in [-0.05, 0) is 13.0 Å². The van der Waals surface area contributed by atoms with Crippen LogP contribution in [0.15, 0.2) is 0 Å². The number of nitrogens with two attached hydrogens (primary N) is 1. The first kappa shape index (κ1) is 12.3. The molecule has 0 fully saturated rings. The topological polar surface area (TPSA) is 109 Å². The van der Waals surface area contributed by atoms with Crippen molar-refractivity contribution in [2.45, 2.75) is 12.8 Å². The van der Waals surface area contributed by atoms with Gasteiger partial charge in [0.05, 0.1) is 12.2 Å². The standard InChI is InChI=1S/C6H14N2O4S/c7-3-1-4-8-13(11,12)5-2-6(9)10/h8H,1-5,7H2,(H,9,10). The van der Waals surface area contributed by atoms with Gasteiger partial charge in [-0.25, -0.2) is 13.1 Å². The highest BCUT2D eigenvalue weighted by Gasteiger charge is 2.11. The van der Waals surface area contributed by atoms with Crippen LogP contribution in [-0.2, 0) is 14.8 Å². The lowest BCUT2D eigenvalue weighted by Gasteiger charge is -2.03. The molecule has 0 aliphatic rings. The molecule has 0 spiro atoms. The van der Waals surface area contributed by atoms with E-state index in [4.69, 9.17) is 10.8 Å². The van der Waals surface area contributed by atoms with E-state index in [1.165, 1.54) is 0 Å². The molecule has 0 unspecified atom stereocenters. The van der Waals surface area contributed by atoms with E-state index in [0.717, 1.165) is 0 Å². The third-order valence-electron chi connectivity index (χ3n) is 1.29. The van der Waals surface area contributed by atoms with Crippen LogP contribution in [0.25, 0.3) is 0 Å². The summed E-state index contributed by atoms with van der Waals surface area (Å²) < 4.78 is 24.2. The maximum Gasteiger partial charge on any atom is 0.304 e. The summed E-state index contributed by atoms with van der Waals surface area (Å²) in [5.74, 6) is -1.50. The van der Waals surface area contributed by atoms with Gasteiger partial charge in [0.1, 0.15) is 0 Å². The average Bonchev–Trinajstić information content (AvgIpc) is 2.02. The zero-order valence-corrected chi connectivity index (χ0v) is 8.01. The highest BCUT2D eigenvalue weighted by atomic mass is 32.2. The lowest BCUT2D eigenvalue weighted by Crippen LogP contribution is -2.29. The summed E-state index contributed by atoms with van der Waals surface area (Å²) in [5.41, 5.74) is 5.15. The monoisotopic (exact) mass is 210 g/mol. The minimum Gasteiger partial charge on any atom is -0.481 e. The van der Waals surface area contributed by atoms with Crippen LogP contribution in [0.2, 0.25) is 0 Å². The van der Waals surface area contributed by atoms with Crippen LogP contribution in [0.5, 0.6) is 0 Å². The summed E-state index contributed by atoms with van der Waals surface area (Å²) in [4.78, 5) is 10.1. The molecule has 0 aromatic rings. The van der Waals surface area contributed by atoms with Gasteiger partial charge in [-0.2, -0.15) is 0 Å². The van der Waals surface area contributed by atoms with E-state index in [0.29, 0.717) is 13.0 Å². The molecule has 0 rings (SSSR count). The van der Waals surface area contributed by atoms with Crippen molar-refractivity contribution in [3.05, 3.63) is 0 Å². The number of hydrogen-bond acceptors (Lipinski definition) is 4. The van der Waals surface area contributed by atoms with Crippen molar-refractivity contribution < 1.29 is 18.3 Å². The summed E-state index contributed by atoms with van der Waals surface area (Å²) in [5, 5.41) is 8.24. The summed E-state index contributed by atoms with van der Waals surface area (Å²) in [7, 11) is -3.44. The molecule has 0 bridgehead atoms. The summed E-state index contributed by atoms with van der Waals surface area (Å²) in [6.45, 7) is 0.667. The molecule has 0 heterocycles.